The molecule has 1 N–H and O–H groups in total. The molecule has 0 spiro atoms. The zero-order chi connectivity index (χ0) is 21.8. The van der Waals surface area contributed by atoms with Crippen molar-refractivity contribution >= 4 is 23.4 Å². The number of amides is 3. The number of fused-ring (bicyclic) bond motifs is 1. The first-order valence-electron chi connectivity index (χ1n) is 12.0. The third kappa shape index (κ3) is 5.10. The van der Waals surface area contributed by atoms with Crippen LogP contribution >= 0.6 is 0 Å². The molecule has 168 valence electrons. The molecule has 3 amide bonds. The highest BCUT2D eigenvalue weighted by Gasteiger charge is 2.38. The molecule has 4 rings (SSSR count). The lowest BCUT2D eigenvalue weighted by molar-refractivity contribution is -0.148. The van der Waals surface area contributed by atoms with Crippen LogP contribution in [0.15, 0.2) is 18.2 Å². The maximum atomic E-state index is 13.4. The minimum atomic E-state index is -0.407. The van der Waals surface area contributed by atoms with Crippen molar-refractivity contribution in [3.8, 4) is 0 Å². The van der Waals surface area contributed by atoms with Crippen molar-refractivity contribution in [3.05, 3.63) is 29.3 Å². The number of hydrogen-bond acceptors (Lipinski definition) is 3. The highest BCUT2D eigenvalue weighted by Crippen LogP contribution is 2.32. The summed E-state index contributed by atoms with van der Waals surface area (Å²) in [7, 11) is 0. The molecule has 1 atom stereocenters. The summed E-state index contributed by atoms with van der Waals surface area (Å²) in [4.78, 5) is 42.4. The van der Waals surface area contributed by atoms with Gasteiger partial charge < -0.3 is 15.1 Å². The predicted molar refractivity (Wildman–Crippen MR) is 120 cm³/mol. The van der Waals surface area contributed by atoms with Crippen LogP contribution in [0.2, 0.25) is 0 Å². The number of benzene rings is 1. The summed E-state index contributed by atoms with van der Waals surface area (Å²) in [5.74, 6) is 0.641. The maximum Gasteiger partial charge on any atom is 0.245 e. The minimum Gasteiger partial charge on any atom is -0.341 e. The lowest BCUT2D eigenvalue weighted by Crippen LogP contribution is -2.54. The Hall–Kier alpha value is -2.37. The second-order valence-electron chi connectivity index (χ2n) is 9.37. The van der Waals surface area contributed by atoms with E-state index < -0.39 is 6.04 Å². The number of carbonyl (C=O) groups excluding carboxylic acids is 3. The van der Waals surface area contributed by atoms with Gasteiger partial charge in [0.1, 0.15) is 6.04 Å². The van der Waals surface area contributed by atoms with E-state index in [0.29, 0.717) is 31.7 Å². The molecular weight excluding hydrogens is 390 g/mol. The summed E-state index contributed by atoms with van der Waals surface area (Å²) in [6.45, 7) is 3.87. The fourth-order valence-corrected chi connectivity index (χ4v) is 5.30. The summed E-state index contributed by atoms with van der Waals surface area (Å²) in [6.07, 6.45) is 9.45. The van der Waals surface area contributed by atoms with Gasteiger partial charge in [-0.05, 0) is 61.3 Å². The van der Waals surface area contributed by atoms with E-state index in [-0.39, 0.29) is 17.7 Å². The standard InChI is InChI=1S/C25H35N3O3/c1-2-23(29)26-21-11-10-19-16-22(25(31)27-12-6-3-7-13-27)28(17-20(19)15-21)24(30)14-18-8-4-5-9-18/h10-11,15,18,22H,2-9,12-14,16-17H2,1H3,(H,26,29). The molecule has 1 unspecified atom stereocenters. The molecule has 0 bridgehead atoms. The second-order valence-corrected chi connectivity index (χ2v) is 9.37. The van der Waals surface area contributed by atoms with E-state index in [1.165, 1.54) is 19.3 Å². The smallest absolute Gasteiger partial charge is 0.245 e. The Bertz CT molecular complexity index is 825. The molecule has 6 nitrogen and oxygen atoms in total. The van der Waals surface area contributed by atoms with Crippen molar-refractivity contribution < 1.29 is 14.4 Å². The first-order valence-corrected chi connectivity index (χ1v) is 12.0. The van der Waals surface area contributed by atoms with Gasteiger partial charge in [-0.3, -0.25) is 14.4 Å². The van der Waals surface area contributed by atoms with E-state index in [1.54, 1.807) is 0 Å². The van der Waals surface area contributed by atoms with Crippen molar-refractivity contribution in [2.45, 2.75) is 83.7 Å². The number of likely N-dealkylation sites (tertiary alicyclic amines) is 1. The fourth-order valence-electron chi connectivity index (χ4n) is 5.30. The van der Waals surface area contributed by atoms with Gasteiger partial charge >= 0.3 is 0 Å². The Balaban J connectivity index is 1.57. The minimum absolute atomic E-state index is 0.0249. The highest BCUT2D eigenvalue weighted by molar-refractivity contribution is 5.91. The van der Waals surface area contributed by atoms with Crippen molar-refractivity contribution in [2.24, 2.45) is 5.92 Å². The first-order chi connectivity index (χ1) is 15.0. The zero-order valence-corrected chi connectivity index (χ0v) is 18.7. The molecule has 1 saturated heterocycles. The average Bonchev–Trinajstić information content (AvgIpc) is 3.31. The number of carbonyl (C=O) groups is 3. The van der Waals surface area contributed by atoms with Crippen molar-refractivity contribution in [1.29, 1.82) is 0 Å². The van der Waals surface area contributed by atoms with Gasteiger partial charge in [-0.25, -0.2) is 0 Å². The monoisotopic (exact) mass is 425 g/mol. The van der Waals surface area contributed by atoms with Crippen molar-refractivity contribution in [1.82, 2.24) is 9.80 Å². The summed E-state index contributed by atoms with van der Waals surface area (Å²) in [5.41, 5.74) is 2.90. The van der Waals surface area contributed by atoms with E-state index in [9.17, 15) is 14.4 Å². The number of nitrogens with zero attached hydrogens (tertiary/aromatic N) is 2. The third-order valence-corrected chi connectivity index (χ3v) is 7.15. The van der Waals surface area contributed by atoms with Gasteiger partial charge in [0.25, 0.3) is 0 Å². The Morgan fingerprint density at radius 1 is 1.00 bits per heavy atom. The van der Waals surface area contributed by atoms with Crippen LogP contribution in [-0.4, -0.2) is 46.7 Å². The van der Waals surface area contributed by atoms with Gasteiger partial charge in [0.05, 0.1) is 0 Å². The lowest BCUT2D eigenvalue weighted by Gasteiger charge is -2.40. The van der Waals surface area contributed by atoms with E-state index in [1.807, 2.05) is 34.9 Å². The number of anilines is 1. The van der Waals surface area contributed by atoms with Gasteiger partial charge in [0.15, 0.2) is 0 Å². The molecule has 1 aliphatic carbocycles. The van der Waals surface area contributed by atoms with Crippen LogP contribution < -0.4 is 5.32 Å². The molecule has 6 heteroatoms. The third-order valence-electron chi connectivity index (χ3n) is 7.15. The molecule has 31 heavy (non-hydrogen) atoms. The Labute approximate surface area is 185 Å². The second kappa shape index (κ2) is 9.84. The van der Waals surface area contributed by atoms with Gasteiger partial charge in [0.2, 0.25) is 17.7 Å². The van der Waals surface area contributed by atoms with Gasteiger partial charge in [0, 0.05) is 44.6 Å². The van der Waals surface area contributed by atoms with Gasteiger partial charge in [-0.2, -0.15) is 0 Å². The Kier molecular flexibility index (Phi) is 6.93. The van der Waals surface area contributed by atoms with E-state index in [0.717, 1.165) is 55.6 Å². The Morgan fingerprint density at radius 2 is 1.74 bits per heavy atom. The molecule has 2 aliphatic heterocycles. The molecule has 0 aromatic heterocycles. The maximum absolute atomic E-state index is 13.4. The fraction of sp³-hybridized carbons (Fsp3) is 0.640. The zero-order valence-electron chi connectivity index (χ0n) is 18.7. The summed E-state index contributed by atoms with van der Waals surface area (Å²) >= 11 is 0. The van der Waals surface area contributed by atoms with Crippen LogP contribution in [0.4, 0.5) is 5.69 Å². The number of rotatable bonds is 5. The summed E-state index contributed by atoms with van der Waals surface area (Å²) in [6, 6.07) is 5.48. The molecule has 2 heterocycles. The van der Waals surface area contributed by atoms with Crippen LogP contribution in [0.5, 0.6) is 0 Å². The topological polar surface area (TPSA) is 69.7 Å². The highest BCUT2D eigenvalue weighted by atomic mass is 16.2. The van der Waals surface area contributed by atoms with E-state index >= 15 is 0 Å². The summed E-state index contributed by atoms with van der Waals surface area (Å²) in [5, 5.41) is 2.91. The van der Waals surface area contributed by atoms with Crippen LogP contribution in [0.25, 0.3) is 0 Å². The lowest BCUT2D eigenvalue weighted by atomic mass is 9.91. The SMILES string of the molecule is CCC(=O)Nc1ccc2c(c1)CN(C(=O)CC1CCCC1)C(C(=O)N1CCCCC1)C2. The van der Waals surface area contributed by atoms with Crippen molar-refractivity contribution in [3.63, 3.8) is 0 Å². The average molecular weight is 426 g/mol. The Morgan fingerprint density at radius 3 is 2.45 bits per heavy atom. The summed E-state index contributed by atoms with van der Waals surface area (Å²) < 4.78 is 0. The molecule has 2 fully saturated rings. The van der Waals surface area contributed by atoms with Crippen LogP contribution in [-0.2, 0) is 27.3 Å². The largest absolute Gasteiger partial charge is 0.341 e. The quantitative estimate of drug-likeness (QED) is 0.778. The normalized spacial score (nSPS) is 21.6. The van der Waals surface area contributed by atoms with Crippen molar-refractivity contribution in [2.75, 3.05) is 18.4 Å². The van der Waals surface area contributed by atoms with Crippen LogP contribution in [0.1, 0.15) is 75.8 Å². The van der Waals surface area contributed by atoms with Crippen LogP contribution in [0.3, 0.4) is 0 Å². The van der Waals surface area contributed by atoms with Crippen LogP contribution in [0, 0.1) is 5.92 Å². The van der Waals surface area contributed by atoms with Gasteiger partial charge in [-0.1, -0.05) is 25.8 Å². The number of nitrogens with one attached hydrogen (secondary N) is 1. The molecule has 3 aliphatic rings. The molecule has 0 radical (unpaired) electrons. The first kappa shape index (κ1) is 21.8. The molecule has 1 aromatic rings. The number of hydrogen-bond donors (Lipinski definition) is 1. The number of piperidine rings is 1. The predicted octanol–water partition coefficient (Wildman–Crippen LogP) is 3.88. The van der Waals surface area contributed by atoms with E-state index in [2.05, 4.69) is 5.32 Å². The van der Waals surface area contributed by atoms with Gasteiger partial charge in [-0.15, -0.1) is 0 Å². The molecular formula is C25H35N3O3. The molecule has 1 saturated carbocycles. The molecule has 1 aromatic carbocycles. The van der Waals surface area contributed by atoms with E-state index in [4.69, 9.17) is 0 Å².